The predicted octanol–water partition coefficient (Wildman–Crippen LogP) is 0.802. The van der Waals surface area contributed by atoms with Crippen LogP contribution in [0, 0.1) is 0 Å². The van der Waals surface area contributed by atoms with Crippen molar-refractivity contribution in [3.05, 3.63) is 24.3 Å². The van der Waals surface area contributed by atoms with Crippen LogP contribution < -0.4 is 10.6 Å². The molecule has 0 spiro atoms. The zero-order valence-electron chi connectivity index (χ0n) is 9.26. The third kappa shape index (κ3) is 4.85. The van der Waals surface area contributed by atoms with Gasteiger partial charge in [-0.2, -0.15) is 0 Å². The zero-order chi connectivity index (χ0) is 10.5. The van der Waals surface area contributed by atoms with Gasteiger partial charge in [0.25, 0.3) is 5.91 Å². The summed E-state index contributed by atoms with van der Waals surface area (Å²) in [6, 6.07) is 0.216. The lowest BCUT2D eigenvalue weighted by Gasteiger charge is -2.23. The molecule has 1 fully saturated rings. The number of carbonyl (C=O) groups excluding carboxylic acids is 1. The maximum absolute atomic E-state index is 11.7. The van der Waals surface area contributed by atoms with Crippen molar-refractivity contribution in [2.45, 2.75) is 18.9 Å². The Bertz CT molecular complexity index is 330. The molecular weight excluding hydrogens is 263 g/mol. The molecule has 1 aliphatic rings. The van der Waals surface area contributed by atoms with Crippen molar-refractivity contribution < 1.29 is 4.79 Å². The molecule has 0 saturated carbocycles. The second-order valence-electron chi connectivity index (χ2n) is 3.61. The van der Waals surface area contributed by atoms with Crippen molar-refractivity contribution in [3.63, 3.8) is 0 Å². The number of carbonyl (C=O) groups is 1. The van der Waals surface area contributed by atoms with Gasteiger partial charge in [-0.1, -0.05) is 0 Å². The molecule has 0 radical (unpaired) electrons. The van der Waals surface area contributed by atoms with Crippen LogP contribution in [0.4, 0.5) is 0 Å². The fourth-order valence-electron chi connectivity index (χ4n) is 1.65. The van der Waals surface area contributed by atoms with Crippen LogP contribution in [0.2, 0.25) is 0 Å². The monoisotopic (exact) mass is 278 g/mol. The van der Waals surface area contributed by atoms with Crippen molar-refractivity contribution in [2.24, 2.45) is 0 Å². The van der Waals surface area contributed by atoms with Gasteiger partial charge in [-0.3, -0.25) is 9.78 Å². The van der Waals surface area contributed by atoms with Crippen molar-refractivity contribution in [3.8, 4) is 0 Å². The molecular formula is C10H16Cl2N4O. The topological polar surface area (TPSA) is 66.9 Å². The Hall–Kier alpha value is -0.910. The highest BCUT2D eigenvalue weighted by Gasteiger charge is 2.16. The molecule has 2 N–H and O–H groups in total. The average molecular weight is 279 g/mol. The van der Waals surface area contributed by atoms with Crippen molar-refractivity contribution in [1.82, 2.24) is 20.6 Å². The summed E-state index contributed by atoms with van der Waals surface area (Å²) in [7, 11) is 0. The summed E-state index contributed by atoms with van der Waals surface area (Å²) in [5.41, 5.74) is 0.378. The van der Waals surface area contributed by atoms with Gasteiger partial charge in [-0.05, 0) is 19.4 Å². The van der Waals surface area contributed by atoms with E-state index in [1.54, 1.807) is 6.20 Å². The normalized spacial score (nSPS) is 18.5. The fraction of sp³-hybridized carbons (Fsp3) is 0.500. The molecule has 1 aliphatic heterocycles. The number of rotatable bonds is 2. The van der Waals surface area contributed by atoms with Crippen LogP contribution in [0.5, 0.6) is 0 Å². The Labute approximate surface area is 113 Å². The van der Waals surface area contributed by atoms with Crippen LogP contribution in [-0.2, 0) is 0 Å². The third-order valence-electron chi connectivity index (χ3n) is 2.43. The van der Waals surface area contributed by atoms with E-state index in [0.29, 0.717) is 5.69 Å². The highest BCUT2D eigenvalue weighted by Crippen LogP contribution is 2.02. The Balaban J connectivity index is 0.00000128. The predicted molar refractivity (Wildman–Crippen MR) is 69.9 cm³/mol. The van der Waals surface area contributed by atoms with Crippen LogP contribution in [0.3, 0.4) is 0 Å². The summed E-state index contributed by atoms with van der Waals surface area (Å²) in [6.45, 7) is 1.88. The van der Waals surface area contributed by atoms with E-state index in [1.165, 1.54) is 12.4 Å². The first-order valence-electron chi connectivity index (χ1n) is 5.14. The minimum atomic E-state index is -0.142. The number of nitrogens with one attached hydrogen (secondary N) is 2. The number of amides is 1. The van der Waals surface area contributed by atoms with Crippen LogP contribution in [-0.4, -0.2) is 35.0 Å². The number of halogens is 2. The maximum Gasteiger partial charge on any atom is 0.271 e. The summed E-state index contributed by atoms with van der Waals surface area (Å²) in [5.74, 6) is -0.142. The van der Waals surface area contributed by atoms with E-state index in [4.69, 9.17) is 0 Å². The first-order valence-corrected chi connectivity index (χ1v) is 5.14. The molecule has 0 unspecified atom stereocenters. The quantitative estimate of drug-likeness (QED) is 0.840. The fourth-order valence-corrected chi connectivity index (χ4v) is 1.65. The van der Waals surface area contributed by atoms with E-state index in [9.17, 15) is 4.79 Å². The Morgan fingerprint density at radius 1 is 1.41 bits per heavy atom. The van der Waals surface area contributed by atoms with Gasteiger partial charge in [-0.25, -0.2) is 4.98 Å². The van der Waals surface area contributed by atoms with Crippen LogP contribution in [0.15, 0.2) is 18.6 Å². The number of nitrogens with zero attached hydrogens (tertiary/aromatic N) is 2. The smallest absolute Gasteiger partial charge is 0.271 e. The second-order valence-corrected chi connectivity index (χ2v) is 3.61. The van der Waals surface area contributed by atoms with Crippen LogP contribution in [0.1, 0.15) is 23.3 Å². The molecule has 5 nitrogen and oxygen atoms in total. The molecule has 7 heteroatoms. The number of aromatic nitrogens is 2. The Kier molecular flexibility index (Phi) is 7.78. The number of piperidine rings is 1. The van der Waals surface area contributed by atoms with Gasteiger partial charge in [-0.15, -0.1) is 24.8 Å². The van der Waals surface area contributed by atoms with Crippen molar-refractivity contribution in [1.29, 1.82) is 0 Å². The minimum Gasteiger partial charge on any atom is -0.347 e. The van der Waals surface area contributed by atoms with Gasteiger partial charge < -0.3 is 10.6 Å². The molecule has 0 aromatic carbocycles. The van der Waals surface area contributed by atoms with Gasteiger partial charge in [0.15, 0.2) is 0 Å². The van der Waals surface area contributed by atoms with Crippen molar-refractivity contribution >= 4 is 30.7 Å². The molecule has 1 aromatic rings. The molecule has 2 heterocycles. The highest BCUT2D eigenvalue weighted by atomic mass is 35.5. The van der Waals surface area contributed by atoms with Crippen LogP contribution in [0.25, 0.3) is 0 Å². The minimum absolute atomic E-state index is 0. The first kappa shape index (κ1) is 16.1. The molecule has 1 amide bonds. The molecule has 96 valence electrons. The standard InChI is InChI=1S/C10H14N4O.2ClH/c15-10(9-7-12-4-5-13-9)14-8-2-1-3-11-6-8;;/h4-5,7-8,11H,1-3,6H2,(H,14,15);2*1H/t8-;;/m1../s1. The van der Waals surface area contributed by atoms with Gasteiger partial charge >= 0.3 is 0 Å². The molecule has 1 aromatic heterocycles. The van der Waals surface area contributed by atoms with E-state index in [2.05, 4.69) is 20.6 Å². The Morgan fingerprint density at radius 2 is 2.24 bits per heavy atom. The van der Waals surface area contributed by atoms with Gasteiger partial charge in [0, 0.05) is 25.0 Å². The van der Waals surface area contributed by atoms with Crippen molar-refractivity contribution in [2.75, 3.05) is 13.1 Å². The van der Waals surface area contributed by atoms with E-state index in [0.717, 1.165) is 25.9 Å². The van der Waals surface area contributed by atoms with E-state index in [-0.39, 0.29) is 36.8 Å². The molecule has 2 rings (SSSR count). The van der Waals surface area contributed by atoms with Gasteiger partial charge in [0.1, 0.15) is 5.69 Å². The number of hydrogen-bond acceptors (Lipinski definition) is 4. The zero-order valence-corrected chi connectivity index (χ0v) is 10.9. The SMILES string of the molecule is Cl.Cl.O=C(N[C@@H]1CCCNC1)c1cnccn1. The third-order valence-corrected chi connectivity index (χ3v) is 2.43. The summed E-state index contributed by atoms with van der Waals surface area (Å²) >= 11 is 0. The summed E-state index contributed by atoms with van der Waals surface area (Å²) in [5, 5.41) is 6.17. The highest BCUT2D eigenvalue weighted by molar-refractivity contribution is 5.92. The molecule has 1 saturated heterocycles. The summed E-state index contributed by atoms with van der Waals surface area (Å²) < 4.78 is 0. The van der Waals surface area contributed by atoms with Gasteiger partial charge in [0.2, 0.25) is 0 Å². The largest absolute Gasteiger partial charge is 0.347 e. The molecule has 0 aliphatic carbocycles. The lowest BCUT2D eigenvalue weighted by Crippen LogP contribution is -2.45. The summed E-state index contributed by atoms with van der Waals surface area (Å²) in [4.78, 5) is 19.5. The molecule has 17 heavy (non-hydrogen) atoms. The van der Waals surface area contributed by atoms with E-state index < -0.39 is 0 Å². The lowest BCUT2D eigenvalue weighted by atomic mass is 10.1. The average Bonchev–Trinajstić information content (AvgIpc) is 2.31. The van der Waals surface area contributed by atoms with E-state index in [1.807, 2.05) is 0 Å². The number of hydrogen-bond donors (Lipinski definition) is 2. The summed E-state index contributed by atoms with van der Waals surface area (Å²) in [6.07, 6.45) is 6.68. The Morgan fingerprint density at radius 3 is 2.82 bits per heavy atom. The molecule has 0 bridgehead atoms. The second kappa shape index (κ2) is 8.22. The van der Waals surface area contributed by atoms with E-state index >= 15 is 0 Å². The molecule has 1 atom stereocenters. The first-order chi connectivity index (χ1) is 7.36. The maximum atomic E-state index is 11.7. The lowest BCUT2D eigenvalue weighted by molar-refractivity contribution is 0.0925. The van der Waals surface area contributed by atoms with Gasteiger partial charge in [0.05, 0.1) is 6.20 Å². The van der Waals surface area contributed by atoms with Crippen LogP contribution >= 0.6 is 24.8 Å².